The fourth-order valence-corrected chi connectivity index (χ4v) is 1.20. The molecule has 0 heterocycles. The first kappa shape index (κ1) is 10.6. The molecule has 74 valence electrons. The monoisotopic (exact) mass is 190 g/mol. The Morgan fingerprint density at radius 2 is 2.36 bits per heavy atom. The van der Waals surface area contributed by atoms with Crippen molar-refractivity contribution in [1.29, 1.82) is 5.26 Å². The molecule has 0 aliphatic rings. The third-order valence-electron chi connectivity index (χ3n) is 1.81. The second-order valence-electron chi connectivity index (χ2n) is 3.13. The average molecular weight is 190 g/mol. The number of ether oxygens (including phenoxy) is 1. The van der Waals surface area contributed by atoms with Gasteiger partial charge in [0.2, 0.25) is 0 Å². The maximum Gasteiger partial charge on any atom is 0.111 e. The number of methoxy groups -OCH3 is 1. The summed E-state index contributed by atoms with van der Waals surface area (Å²) in [6.45, 7) is 2.42. The molecule has 0 bridgehead atoms. The third kappa shape index (κ3) is 3.08. The Balaban J connectivity index is 2.69. The highest BCUT2D eigenvalue weighted by Crippen LogP contribution is 2.12. The van der Waals surface area contributed by atoms with Gasteiger partial charge in [-0.1, -0.05) is 12.1 Å². The van der Waals surface area contributed by atoms with Crippen LogP contribution in [-0.2, 0) is 11.3 Å². The molecule has 0 aliphatic carbocycles. The maximum atomic E-state index is 8.63. The van der Waals surface area contributed by atoms with Gasteiger partial charge in [-0.15, -0.1) is 0 Å². The lowest BCUT2D eigenvalue weighted by molar-refractivity contribution is 0.185. The van der Waals surface area contributed by atoms with Crippen LogP contribution in [0.3, 0.4) is 0 Å². The van der Waals surface area contributed by atoms with Crippen LogP contribution in [0.5, 0.6) is 0 Å². The summed E-state index contributed by atoms with van der Waals surface area (Å²) in [5, 5.41) is 11.7. The van der Waals surface area contributed by atoms with E-state index in [-0.39, 0.29) is 6.04 Å². The van der Waals surface area contributed by atoms with Crippen molar-refractivity contribution in [3.05, 3.63) is 29.8 Å². The topological polar surface area (TPSA) is 45.0 Å². The summed E-state index contributed by atoms with van der Waals surface area (Å²) in [6.07, 6.45) is 0. The second kappa shape index (κ2) is 5.25. The van der Waals surface area contributed by atoms with Gasteiger partial charge in [0.25, 0.3) is 0 Å². The number of rotatable bonds is 4. The number of anilines is 1. The van der Waals surface area contributed by atoms with Crippen LogP contribution >= 0.6 is 0 Å². The van der Waals surface area contributed by atoms with E-state index in [0.717, 1.165) is 11.3 Å². The summed E-state index contributed by atoms with van der Waals surface area (Å²) < 4.78 is 5.02. The molecule has 3 heteroatoms. The van der Waals surface area contributed by atoms with Crippen LogP contribution < -0.4 is 5.32 Å². The van der Waals surface area contributed by atoms with Crippen molar-refractivity contribution < 1.29 is 4.74 Å². The maximum absolute atomic E-state index is 8.63. The van der Waals surface area contributed by atoms with Crippen LogP contribution in [0.15, 0.2) is 24.3 Å². The number of benzene rings is 1. The largest absolute Gasteiger partial charge is 0.380 e. The normalized spacial score (nSPS) is 11.8. The molecular weight excluding hydrogens is 176 g/mol. The summed E-state index contributed by atoms with van der Waals surface area (Å²) in [5.41, 5.74) is 2.05. The molecule has 1 aromatic carbocycles. The van der Waals surface area contributed by atoms with Crippen molar-refractivity contribution in [3.63, 3.8) is 0 Å². The highest BCUT2D eigenvalue weighted by atomic mass is 16.5. The Kier molecular flexibility index (Phi) is 3.96. The van der Waals surface area contributed by atoms with Gasteiger partial charge in [-0.3, -0.25) is 0 Å². The average Bonchev–Trinajstić information content (AvgIpc) is 2.19. The summed E-state index contributed by atoms with van der Waals surface area (Å²) in [4.78, 5) is 0. The number of hydrogen-bond acceptors (Lipinski definition) is 3. The summed E-state index contributed by atoms with van der Waals surface area (Å²) in [5.74, 6) is 0. The van der Waals surface area contributed by atoms with Crippen molar-refractivity contribution in [2.24, 2.45) is 0 Å². The van der Waals surface area contributed by atoms with Crippen molar-refractivity contribution in [1.82, 2.24) is 0 Å². The van der Waals surface area contributed by atoms with Crippen molar-refractivity contribution in [3.8, 4) is 6.07 Å². The summed E-state index contributed by atoms with van der Waals surface area (Å²) in [7, 11) is 1.66. The molecule has 0 fully saturated rings. The Labute approximate surface area is 84.3 Å². The zero-order valence-electron chi connectivity index (χ0n) is 8.45. The lowest BCUT2D eigenvalue weighted by Gasteiger charge is -2.09. The van der Waals surface area contributed by atoms with E-state index >= 15 is 0 Å². The van der Waals surface area contributed by atoms with Gasteiger partial charge >= 0.3 is 0 Å². The van der Waals surface area contributed by atoms with Gasteiger partial charge in [-0.05, 0) is 24.6 Å². The van der Waals surface area contributed by atoms with Gasteiger partial charge in [0.1, 0.15) is 6.04 Å². The van der Waals surface area contributed by atoms with Crippen LogP contribution in [0, 0.1) is 11.3 Å². The standard InChI is InChI=1S/C11H14N2O/c1-9(7-12)13-11-5-3-4-10(6-11)8-14-2/h3-6,9,13H,8H2,1-2H3. The fourth-order valence-electron chi connectivity index (χ4n) is 1.20. The molecule has 1 N–H and O–H groups in total. The number of nitriles is 1. The van der Waals surface area contributed by atoms with Crippen LogP contribution in [0.1, 0.15) is 12.5 Å². The Bertz CT molecular complexity index is 330. The van der Waals surface area contributed by atoms with Crippen LogP contribution in [0.4, 0.5) is 5.69 Å². The first-order chi connectivity index (χ1) is 6.76. The van der Waals surface area contributed by atoms with Gasteiger partial charge in [0.15, 0.2) is 0 Å². The Morgan fingerprint density at radius 1 is 1.57 bits per heavy atom. The molecule has 0 aromatic heterocycles. The number of hydrogen-bond donors (Lipinski definition) is 1. The Hall–Kier alpha value is -1.53. The van der Waals surface area contributed by atoms with E-state index in [4.69, 9.17) is 10.00 Å². The quantitative estimate of drug-likeness (QED) is 0.791. The fraction of sp³-hybridized carbons (Fsp3) is 0.364. The molecule has 0 aliphatic heterocycles. The molecule has 1 unspecified atom stereocenters. The lowest BCUT2D eigenvalue weighted by Crippen LogP contribution is -2.11. The van der Waals surface area contributed by atoms with Gasteiger partial charge in [-0.2, -0.15) is 5.26 Å². The predicted molar refractivity (Wildman–Crippen MR) is 55.9 cm³/mol. The van der Waals surface area contributed by atoms with E-state index < -0.39 is 0 Å². The van der Waals surface area contributed by atoms with E-state index in [1.807, 2.05) is 31.2 Å². The molecular formula is C11H14N2O. The first-order valence-corrected chi connectivity index (χ1v) is 4.50. The third-order valence-corrected chi connectivity index (χ3v) is 1.81. The van der Waals surface area contributed by atoms with Crippen molar-refractivity contribution in [2.45, 2.75) is 19.6 Å². The Morgan fingerprint density at radius 3 is 3.00 bits per heavy atom. The van der Waals surface area contributed by atoms with Crippen LogP contribution in [-0.4, -0.2) is 13.2 Å². The molecule has 0 radical (unpaired) electrons. The zero-order chi connectivity index (χ0) is 10.4. The molecule has 3 nitrogen and oxygen atoms in total. The molecule has 0 amide bonds. The van der Waals surface area contributed by atoms with Gasteiger partial charge in [-0.25, -0.2) is 0 Å². The van der Waals surface area contributed by atoms with Crippen LogP contribution in [0.25, 0.3) is 0 Å². The van der Waals surface area contributed by atoms with Crippen molar-refractivity contribution >= 4 is 5.69 Å². The molecule has 1 atom stereocenters. The van der Waals surface area contributed by atoms with E-state index in [1.54, 1.807) is 7.11 Å². The highest BCUT2D eigenvalue weighted by Gasteiger charge is 1.99. The summed E-state index contributed by atoms with van der Waals surface area (Å²) >= 11 is 0. The smallest absolute Gasteiger partial charge is 0.111 e. The summed E-state index contributed by atoms with van der Waals surface area (Å²) in [6, 6.07) is 9.81. The minimum atomic E-state index is -0.173. The van der Waals surface area contributed by atoms with Gasteiger partial charge in [0.05, 0.1) is 12.7 Å². The SMILES string of the molecule is COCc1cccc(NC(C)C#N)c1. The lowest BCUT2D eigenvalue weighted by atomic mass is 10.2. The zero-order valence-corrected chi connectivity index (χ0v) is 8.45. The van der Waals surface area contributed by atoms with E-state index in [0.29, 0.717) is 6.61 Å². The van der Waals surface area contributed by atoms with Gasteiger partial charge in [0, 0.05) is 12.8 Å². The molecule has 0 saturated heterocycles. The number of nitrogens with zero attached hydrogens (tertiary/aromatic N) is 1. The van der Waals surface area contributed by atoms with E-state index in [2.05, 4.69) is 11.4 Å². The molecule has 0 spiro atoms. The molecule has 0 saturated carbocycles. The van der Waals surface area contributed by atoms with E-state index in [1.165, 1.54) is 0 Å². The second-order valence-corrected chi connectivity index (χ2v) is 3.13. The van der Waals surface area contributed by atoms with Crippen LogP contribution in [0.2, 0.25) is 0 Å². The number of nitrogens with one attached hydrogen (secondary N) is 1. The van der Waals surface area contributed by atoms with Crippen molar-refractivity contribution in [2.75, 3.05) is 12.4 Å². The van der Waals surface area contributed by atoms with E-state index in [9.17, 15) is 0 Å². The molecule has 1 aromatic rings. The molecule has 1 rings (SSSR count). The van der Waals surface area contributed by atoms with Gasteiger partial charge < -0.3 is 10.1 Å². The minimum absolute atomic E-state index is 0.173. The predicted octanol–water partition coefficient (Wildman–Crippen LogP) is 2.16. The first-order valence-electron chi connectivity index (χ1n) is 4.50. The molecule has 14 heavy (non-hydrogen) atoms. The minimum Gasteiger partial charge on any atom is -0.380 e. The highest BCUT2D eigenvalue weighted by molar-refractivity contribution is 5.47.